The first-order valence-electron chi connectivity index (χ1n) is 7.93. The van der Waals surface area contributed by atoms with Crippen molar-refractivity contribution in [3.8, 4) is 0 Å². The number of likely N-dealkylation sites (tertiary alicyclic amines) is 1. The van der Waals surface area contributed by atoms with Gasteiger partial charge in [0.05, 0.1) is 11.2 Å². The van der Waals surface area contributed by atoms with Gasteiger partial charge in [0.1, 0.15) is 0 Å². The number of fused-ring (bicyclic) bond motifs is 1. The Bertz CT molecular complexity index is 635. The quantitative estimate of drug-likeness (QED) is 0.944. The first-order valence-corrected chi connectivity index (χ1v) is 7.93. The van der Waals surface area contributed by atoms with Crippen LogP contribution in [-0.4, -0.2) is 33.8 Å². The maximum atomic E-state index is 6.24. The number of nitrogens with two attached hydrogens (primary N) is 1. The van der Waals surface area contributed by atoms with Gasteiger partial charge in [0, 0.05) is 37.6 Å². The van der Waals surface area contributed by atoms with Gasteiger partial charge >= 0.3 is 0 Å². The molecule has 0 aliphatic carbocycles. The Morgan fingerprint density at radius 3 is 2.73 bits per heavy atom. The first kappa shape index (κ1) is 17.3. The summed E-state index contributed by atoms with van der Waals surface area (Å²) in [6.07, 6.45) is 1.07. The minimum Gasteiger partial charge on any atom is -0.327 e. The number of para-hydroxylation sites is 1. The minimum absolute atomic E-state index is 0. The molecule has 0 radical (unpaired) electrons. The van der Waals surface area contributed by atoms with Crippen LogP contribution in [0.2, 0.25) is 0 Å². The molecule has 122 valence electrons. The van der Waals surface area contributed by atoms with Gasteiger partial charge in [-0.1, -0.05) is 32.0 Å². The molecule has 1 unspecified atom stereocenters. The van der Waals surface area contributed by atoms with Gasteiger partial charge < -0.3 is 5.73 Å². The van der Waals surface area contributed by atoms with Crippen LogP contribution < -0.4 is 5.73 Å². The van der Waals surface area contributed by atoms with Crippen molar-refractivity contribution in [2.24, 2.45) is 11.1 Å². The van der Waals surface area contributed by atoms with Gasteiger partial charge in [-0.05, 0) is 24.8 Å². The minimum atomic E-state index is 0. The van der Waals surface area contributed by atoms with Gasteiger partial charge in [-0.25, -0.2) is 0 Å². The highest BCUT2D eigenvalue weighted by molar-refractivity contribution is 5.85. The molecule has 1 fully saturated rings. The van der Waals surface area contributed by atoms with E-state index >= 15 is 0 Å². The summed E-state index contributed by atoms with van der Waals surface area (Å²) >= 11 is 0. The zero-order valence-corrected chi connectivity index (χ0v) is 14.6. The van der Waals surface area contributed by atoms with E-state index in [9.17, 15) is 0 Å². The molecule has 0 spiro atoms. The molecule has 2 heterocycles. The van der Waals surface area contributed by atoms with Crippen molar-refractivity contribution in [3.63, 3.8) is 0 Å². The smallest absolute Gasteiger partial charge is 0.0843 e. The van der Waals surface area contributed by atoms with Crippen molar-refractivity contribution in [2.75, 3.05) is 13.1 Å². The van der Waals surface area contributed by atoms with E-state index in [1.165, 1.54) is 16.6 Å². The van der Waals surface area contributed by atoms with E-state index < -0.39 is 0 Å². The molecule has 1 aliphatic rings. The molecule has 3 rings (SSSR count). The summed E-state index contributed by atoms with van der Waals surface area (Å²) < 4.78 is 2.10. The molecular weight excluding hydrogens is 296 g/mol. The molecule has 1 aromatic heterocycles. The highest BCUT2D eigenvalue weighted by Crippen LogP contribution is 2.29. The standard InChI is InChI=1S/C17H26N4.ClH/c1-4-21-15-8-6-5-7-13(15)14(19-21)11-20-10-9-16(18)17(2,3)12-20;/h5-8,16H,4,9-12,18H2,1-3H3;1H. The van der Waals surface area contributed by atoms with Gasteiger partial charge in [0.15, 0.2) is 0 Å². The number of hydrogen-bond acceptors (Lipinski definition) is 3. The molecule has 0 amide bonds. The predicted octanol–water partition coefficient (Wildman–Crippen LogP) is 3.04. The van der Waals surface area contributed by atoms with Crippen molar-refractivity contribution in [2.45, 2.75) is 46.3 Å². The number of rotatable bonds is 3. The van der Waals surface area contributed by atoms with Crippen LogP contribution in [-0.2, 0) is 13.1 Å². The third-order valence-corrected chi connectivity index (χ3v) is 4.80. The van der Waals surface area contributed by atoms with Gasteiger partial charge in [0.2, 0.25) is 0 Å². The molecule has 0 saturated carbocycles. The molecule has 1 aromatic carbocycles. The summed E-state index contributed by atoms with van der Waals surface area (Å²) in [4.78, 5) is 2.50. The van der Waals surface area contributed by atoms with E-state index in [0.717, 1.165) is 32.6 Å². The van der Waals surface area contributed by atoms with E-state index in [1.54, 1.807) is 0 Å². The third-order valence-electron chi connectivity index (χ3n) is 4.80. The van der Waals surface area contributed by atoms with Gasteiger partial charge in [0.25, 0.3) is 0 Å². The lowest BCUT2D eigenvalue weighted by molar-refractivity contribution is 0.0890. The number of nitrogens with zero attached hydrogens (tertiary/aromatic N) is 3. The monoisotopic (exact) mass is 322 g/mol. The van der Waals surface area contributed by atoms with Crippen LogP contribution in [0.3, 0.4) is 0 Å². The lowest BCUT2D eigenvalue weighted by Crippen LogP contribution is -2.52. The fourth-order valence-electron chi connectivity index (χ4n) is 3.39. The van der Waals surface area contributed by atoms with Crippen LogP contribution in [0.5, 0.6) is 0 Å². The fraction of sp³-hybridized carbons (Fsp3) is 0.588. The van der Waals surface area contributed by atoms with E-state index in [2.05, 4.69) is 54.6 Å². The molecule has 2 aromatic rings. The normalized spacial score (nSPS) is 21.7. The largest absolute Gasteiger partial charge is 0.327 e. The molecule has 1 saturated heterocycles. The van der Waals surface area contributed by atoms with Gasteiger partial charge in [-0.2, -0.15) is 5.10 Å². The number of aromatic nitrogens is 2. The second-order valence-corrected chi connectivity index (χ2v) is 6.87. The average molecular weight is 323 g/mol. The molecule has 5 heteroatoms. The van der Waals surface area contributed by atoms with Gasteiger partial charge in [-0.3, -0.25) is 9.58 Å². The number of piperidine rings is 1. The molecule has 1 aliphatic heterocycles. The van der Waals surface area contributed by atoms with Crippen molar-refractivity contribution < 1.29 is 0 Å². The Morgan fingerprint density at radius 1 is 1.32 bits per heavy atom. The van der Waals surface area contributed by atoms with Crippen LogP contribution in [0, 0.1) is 5.41 Å². The summed E-state index contributed by atoms with van der Waals surface area (Å²) in [6, 6.07) is 8.83. The third kappa shape index (κ3) is 3.14. The number of halogens is 1. The summed E-state index contributed by atoms with van der Waals surface area (Å²) in [5.74, 6) is 0. The van der Waals surface area contributed by atoms with Crippen LogP contribution in [0.4, 0.5) is 0 Å². The van der Waals surface area contributed by atoms with E-state index in [1.807, 2.05) is 0 Å². The van der Waals surface area contributed by atoms with E-state index in [4.69, 9.17) is 10.8 Å². The van der Waals surface area contributed by atoms with Gasteiger partial charge in [-0.15, -0.1) is 12.4 Å². The molecule has 1 atom stereocenters. The summed E-state index contributed by atoms with van der Waals surface area (Å²) in [5.41, 5.74) is 8.85. The lowest BCUT2D eigenvalue weighted by Gasteiger charge is -2.42. The van der Waals surface area contributed by atoms with Crippen LogP contribution >= 0.6 is 12.4 Å². The Labute approximate surface area is 139 Å². The fourth-order valence-corrected chi connectivity index (χ4v) is 3.39. The molecule has 4 nitrogen and oxygen atoms in total. The van der Waals surface area contributed by atoms with Crippen LogP contribution in [0.25, 0.3) is 10.9 Å². The average Bonchev–Trinajstić information content (AvgIpc) is 2.81. The second kappa shape index (κ2) is 6.57. The lowest BCUT2D eigenvalue weighted by atomic mass is 9.79. The highest BCUT2D eigenvalue weighted by atomic mass is 35.5. The van der Waals surface area contributed by atoms with E-state index in [0.29, 0.717) is 6.04 Å². The van der Waals surface area contributed by atoms with Crippen molar-refractivity contribution in [1.82, 2.24) is 14.7 Å². The van der Waals surface area contributed by atoms with Crippen molar-refractivity contribution in [3.05, 3.63) is 30.0 Å². The Hall–Kier alpha value is -1.10. The first-order chi connectivity index (χ1) is 10.0. The maximum absolute atomic E-state index is 6.24. The summed E-state index contributed by atoms with van der Waals surface area (Å²) in [5, 5.41) is 6.10. The zero-order valence-electron chi connectivity index (χ0n) is 13.7. The number of hydrogen-bond donors (Lipinski definition) is 1. The van der Waals surface area contributed by atoms with E-state index in [-0.39, 0.29) is 17.8 Å². The Balaban J connectivity index is 0.00000176. The second-order valence-electron chi connectivity index (χ2n) is 6.87. The maximum Gasteiger partial charge on any atom is 0.0843 e. The SMILES string of the molecule is CCn1nc(CN2CCC(N)C(C)(C)C2)c2ccccc21.Cl. The summed E-state index contributed by atoms with van der Waals surface area (Å²) in [6.45, 7) is 10.6. The zero-order chi connectivity index (χ0) is 15.0. The molecular formula is C17H27ClN4. The number of benzene rings is 1. The molecule has 0 bridgehead atoms. The summed E-state index contributed by atoms with van der Waals surface area (Å²) in [7, 11) is 0. The van der Waals surface area contributed by atoms with Crippen LogP contribution in [0.1, 0.15) is 32.9 Å². The van der Waals surface area contributed by atoms with Crippen molar-refractivity contribution in [1.29, 1.82) is 0 Å². The number of aryl methyl sites for hydroxylation is 1. The Kier molecular flexibility index (Phi) is 5.15. The van der Waals surface area contributed by atoms with Crippen LogP contribution in [0.15, 0.2) is 24.3 Å². The van der Waals surface area contributed by atoms with Crippen molar-refractivity contribution >= 4 is 23.3 Å². The highest BCUT2D eigenvalue weighted by Gasteiger charge is 2.33. The molecule has 2 N–H and O–H groups in total. The Morgan fingerprint density at radius 2 is 2.05 bits per heavy atom. The predicted molar refractivity (Wildman–Crippen MR) is 94.3 cm³/mol. The molecule has 22 heavy (non-hydrogen) atoms. The topological polar surface area (TPSA) is 47.1 Å².